The summed E-state index contributed by atoms with van der Waals surface area (Å²) in [5.41, 5.74) is 1.72. The first-order chi connectivity index (χ1) is 11.5. The lowest BCUT2D eigenvalue weighted by Gasteiger charge is -2.32. The van der Waals surface area contributed by atoms with Crippen LogP contribution in [0.15, 0.2) is 21.2 Å². The van der Waals surface area contributed by atoms with Crippen molar-refractivity contribution in [2.45, 2.75) is 26.2 Å². The van der Waals surface area contributed by atoms with Crippen LogP contribution in [0, 0.1) is 12.8 Å². The number of aryl methyl sites for hydroxylation is 1. The molecule has 0 aliphatic carbocycles. The lowest BCUT2D eigenvalue weighted by atomic mass is 9.98. The van der Waals surface area contributed by atoms with Crippen molar-refractivity contribution in [2.75, 3.05) is 33.7 Å². The highest BCUT2D eigenvalue weighted by Crippen LogP contribution is 2.24. The fourth-order valence-electron chi connectivity index (χ4n) is 3.29. The van der Waals surface area contributed by atoms with E-state index in [0.29, 0.717) is 18.2 Å². The molecule has 2 aromatic heterocycles. The molecule has 6 heteroatoms. The molecule has 0 spiro atoms. The molecule has 1 atom stereocenters. The zero-order chi connectivity index (χ0) is 17.1. The van der Waals surface area contributed by atoms with Gasteiger partial charge in [-0.2, -0.15) is 11.3 Å². The number of carbonyl (C=O) groups is 1. The SMILES string of the molecule is Cc1oc(-c2ccsc2)nc1CC(=O)N(C)C[C@H]1CCCN(C)C1. The van der Waals surface area contributed by atoms with Crippen LogP contribution in [-0.4, -0.2) is 54.4 Å². The van der Waals surface area contributed by atoms with E-state index < -0.39 is 0 Å². The fourth-order valence-corrected chi connectivity index (χ4v) is 3.92. The number of piperidine rings is 1. The normalized spacial score (nSPS) is 18.7. The Morgan fingerprint density at radius 3 is 3.08 bits per heavy atom. The van der Waals surface area contributed by atoms with Crippen LogP contribution in [0.1, 0.15) is 24.3 Å². The molecule has 1 aliphatic rings. The molecule has 130 valence electrons. The summed E-state index contributed by atoms with van der Waals surface area (Å²) in [6.45, 7) is 4.93. The molecule has 0 unspecified atom stereocenters. The summed E-state index contributed by atoms with van der Waals surface area (Å²) in [5, 5.41) is 4.00. The van der Waals surface area contributed by atoms with E-state index in [-0.39, 0.29) is 5.91 Å². The summed E-state index contributed by atoms with van der Waals surface area (Å²) in [7, 11) is 4.05. The Bertz CT molecular complexity index is 681. The lowest BCUT2D eigenvalue weighted by Crippen LogP contribution is -2.40. The molecule has 1 aliphatic heterocycles. The maximum absolute atomic E-state index is 12.5. The molecule has 1 saturated heterocycles. The monoisotopic (exact) mass is 347 g/mol. The number of hydrogen-bond acceptors (Lipinski definition) is 5. The molecule has 3 heterocycles. The second kappa shape index (κ2) is 7.49. The Morgan fingerprint density at radius 2 is 2.38 bits per heavy atom. The van der Waals surface area contributed by atoms with Crippen LogP contribution in [0.3, 0.4) is 0 Å². The summed E-state index contributed by atoms with van der Waals surface area (Å²) in [5.74, 6) is 2.01. The van der Waals surface area contributed by atoms with Crippen LogP contribution >= 0.6 is 11.3 Å². The molecule has 0 N–H and O–H groups in total. The number of oxazole rings is 1. The first kappa shape index (κ1) is 17.2. The predicted molar refractivity (Wildman–Crippen MR) is 96.1 cm³/mol. The molecule has 3 rings (SSSR count). The quantitative estimate of drug-likeness (QED) is 0.834. The Hall–Kier alpha value is -1.66. The summed E-state index contributed by atoms with van der Waals surface area (Å²) >= 11 is 1.61. The third kappa shape index (κ3) is 4.05. The minimum atomic E-state index is 0.108. The van der Waals surface area contributed by atoms with E-state index in [1.54, 1.807) is 11.3 Å². The van der Waals surface area contributed by atoms with Crippen molar-refractivity contribution in [1.29, 1.82) is 0 Å². The minimum absolute atomic E-state index is 0.108. The number of thiophene rings is 1. The van der Waals surface area contributed by atoms with E-state index in [1.165, 1.54) is 12.8 Å². The zero-order valence-corrected chi connectivity index (χ0v) is 15.4. The van der Waals surface area contributed by atoms with Crippen LogP contribution in [0.25, 0.3) is 11.5 Å². The topological polar surface area (TPSA) is 49.6 Å². The van der Waals surface area contributed by atoms with Gasteiger partial charge in [0.25, 0.3) is 0 Å². The summed E-state index contributed by atoms with van der Waals surface area (Å²) < 4.78 is 5.72. The summed E-state index contributed by atoms with van der Waals surface area (Å²) in [6.07, 6.45) is 2.72. The number of likely N-dealkylation sites (N-methyl/N-ethyl adjacent to an activating group) is 1. The van der Waals surface area contributed by atoms with E-state index in [4.69, 9.17) is 4.42 Å². The van der Waals surface area contributed by atoms with Crippen LogP contribution < -0.4 is 0 Å². The van der Waals surface area contributed by atoms with Crippen LogP contribution in [0.2, 0.25) is 0 Å². The smallest absolute Gasteiger partial charge is 0.228 e. The number of aromatic nitrogens is 1. The van der Waals surface area contributed by atoms with Gasteiger partial charge in [-0.3, -0.25) is 4.79 Å². The first-order valence-corrected chi connectivity index (χ1v) is 9.38. The zero-order valence-electron chi connectivity index (χ0n) is 14.6. The highest BCUT2D eigenvalue weighted by Gasteiger charge is 2.22. The van der Waals surface area contributed by atoms with Gasteiger partial charge in [0, 0.05) is 31.1 Å². The van der Waals surface area contributed by atoms with Crippen LogP contribution in [0.4, 0.5) is 0 Å². The average molecular weight is 347 g/mol. The Labute approximate surface area is 147 Å². The minimum Gasteiger partial charge on any atom is -0.441 e. The van der Waals surface area contributed by atoms with Gasteiger partial charge in [0.05, 0.1) is 12.1 Å². The number of hydrogen-bond donors (Lipinski definition) is 0. The number of amides is 1. The van der Waals surface area contributed by atoms with Crippen molar-refractivity contribution in [1.82, 2.24) is 14.8 Å². The van der Waals surface area contributed by atoms with Crippen molar-refractivity contribution in [2.24, 2.45) is 5.92 Å². The second-order valence-electron chi connectivity index (χ2n) is 6.76. The van der Waals surface area contributed by atoms with Crippen LogP contribution in [0.5, 0.6) is 0 Å². The Kier molecular flexibility index (Phi) is 5.36. The average Bonchev–Trinajstić information content (AvgIpc) is 3.17. The number of carbonyl (C=O) groups excluding carboxylic acids is 1. The predicted octanol–water partition coefficient (Wildman–Crippen LogP) is 3.05. The van der Waals surface area contributed by atoms with E-state index >= 15 is 0 Å². The molecule has 0 aromatic carbocycles. The largest absolute Gasteiger partial charge is 0.441 e. The Balaban J connectivity index is 1.60. The van der Waals surface area contributed by atoms with E-state index in [0.717, 1.165) is 36.7 Å². The highest BCUT2D eigenvalue weighted by molar-refractivity contribution is 7.08. The third-order valence-corrected chi connectivity index (χ3v) is 5.34. The molecule has 2 aromatic rings. The summed E-state index contributed by atoms with van der Waals surface area (Å²) in [4.78, 5) is 21.3. The number of rotatable bonds is 5. The van der Waals surface area contributed by atoms with Crippen LogP contribution in [-0.2, 0) is 11.2 Å². The van der Waals surface area contributed by atoms with Gasteiger partial charge in [-0.25, -0.2) is 4.98 Å². The van der Waals surface area contributed by atoms with Gasteiger partial charge in [0.15, 0.2) is 0 Å². The van der Waals surface area contributed by atoms with Crippen molar-refractivity contribution in [3.8, 4) is 11.5 Å². The van der Waals surface area contributed by atoms with E-state index in [9.17, 15) is 4.79 Å². The highest BCUT2D eigenvalue weighted by atomic mass is 32.1. The molecular weight excluding hydrogens is 322 g/mol. The first-order valence-electron chi connectivity index (χ1n) is 8.44. The van der Waals surface area contributed by atoms with Gasteiger partial charge < -0.3 is 14.2 Å². The standard InChI is InChI=1S/C18H25N3O2S/c1-13-16(19-18(23-13)15-6-8-24-12-15)9-17(22)21(3)11-14-5-4-7-20(2)10-14/h6,8,12,14H,4-5,7,9-11H2,1-3H3/t14-/m0/s1. The van der Waals surface area contributed by atoms with Crippen molar-refractivity contribution in [3.05, 3.63) is 28.3 Å². The summed E-state index contributed by atoms with van der Waals surface area (Å²) in [6, 6.07) is 1.98. The molecule has 5 nitrogen and oxygen atoms in total. The van der Waals surface area contributed by atoms with Gasteiger partial charge in [0.1, 0.15) is 5.76 Å². The number of likely N-dealkylation sites (tertiary alicyclic amines) is 1. The molecular formula is C18H25N3O2S. The molecule has 0 radical (unpaired) electrons. The van der Waals surface area contributed by atoms with Crippen molar-refractivity contribution < 1.29 is 9.21 Å². The molecule has 1 amide bonds. The van der Waals surface area contributed by atoms with Crippen molar-refractivity contribution >= 4 is 17.2 Å². The second-order valence-corrected chi connectivity index (χ2v) is 7.54. The van der Waals surface area contributed by atoms with E-state index in [2.05, 4.69) is 16.9 Å². The fraction of sp³-hybridized carbons (Fsp3) is 0.556. The van der Waals surface area contributed by atoms with Gasteiger partial charge >= 0.3 is 0 Å². The molecule has 24 heavy (non-hydrogen) atoms. The number of nitrogens with zero attached hydrogens (tertiary/aromatic N) is 3. The lowest BCUT2D eigenvalue weighted by molar-refractivity contribution is -0.130. The van der Waals surface area contributed by atoms with Gasteiger partial charge in [0.2, 0.25) is 11.8 Å². The maximum atomic E-state index is 12.5. The maximum Gasteiger partial charge on any atom is 0.228 e. The molecule has 0 bridgehead atoms. The molecule has 0 saturated carbocycles. The Morgan fingerprint density at radius 1 is 1.54 bits per heavy atom. The van der Waals surface area contributed by atoms with Gasteiger partial charge in [-0.05, 0) is 50.7 Å². The van der Waals surface area contributed by atoms with Gasteiger partial charge in [-0.1, -0.05) is 0 Å². The van der Waals surface area contributed by atoms with Gasteiger partial charge in [-0.15, -0.1) is 0 Å². The molecule has 1 fully saturated rings. The van der Waals surface area contributed by atoms with E-state index in [1.807, 2.05) is 35.7 Å². The third-order valence-electron chi connectivity index (χ3n) is 4.66. The van der Waals surface area contributed by atoms with Crippen molar-refractivity contribution in [3.63, 3.8) is 0 Å².